The Labute approximate surface area is 109 Å². The van der Waals surface area contributed by atoms with E-state index in [4.69, 9.17) is 4.74 Å². The summed E-state index contributed by atoms with van der Waals surface area (Å²) in [5.74, 6) is 0.569. The number of likely N-dealkylation sites (N-methyl/N-ethyl adjacent to an activating group) is 1. The second-order valence-electron chi connectivity index (χ2n) is 4.08. The van der Waals surface area contributed by atoms with Crippen molar-refractivity contribution in [1.82, 2.24) is 5.32 Å². The summed E-state index contributed by atoms with van der Waals surface area (Å²) in [6.07, 6.45) is -1.84. The summed E-state index contributed by atoms with van der Waals surface area (Å²) >= 11 is 0. The van der Waals surface area contributed by atoms with E-state index < -0.39 is 6.36 Å². The van der Waals surface area contributed by atoms with Gasteiger partial charge in [0.25, 0.3) is 0 Å². The monoisotopic (exact) mass is 273 g/mol. The second-order valence-corrected chi connectivity index (χ2v) is 4.08. The third kappa shape index (κ3) is 3.64. The van der Waals surface area contributed by atoms with E-state index in [0.717, 1.165) is 17.7 Å². The molecule has 0 radical (unpaired) electrons. The minimum atomic E-state index is -4.67. The van der Waals surface area contributed by atoms with Crippen LogP contribution in [0.5, 0.6) is 5.75 Å². The van der Waals surface area contributed by atoms with E-state index in [-0.39, 0.29) is 11.8 Å². The average Bonchev–Trinajstić information content (AvgIpc) is 2.84. The first-order valence-electron chi connectivity index (χ1n) is 5.85. The molecule has 1 atom stereocenters. The highest BCUT2D eigenvalue weighted by atomic mass is 19.4. The summed E-state index contributed by atoms with van der Waals surface area (Å²) in [5, 5.41) is 3.07. The lowest BCUT2D eigenvalue weighted by atomic mass is 10.0. The highest BCUT2D eigenvalue weighted by molar-refractivity contribution is 5.32. The van der Waals surface area contributed by atoms with Gasteiger partial charge in [0.15, 0.2) is 0 Å². The van der Waals surface area contributed by atoms with E-state index in [2.05, 4.69) is 10.1 Å². The molecule has 1 heterocycles. The predicted molar refractivity (Wildman–Crippen MR) is 63.6 cm³/mol. The van der Waals surface area contributed by atoms with Crippen molar-refractivity contribution in [3.63, 3.8) is 0 Å². The number of rotatable bonds is 4. The van der Waals surface area contributed by atoms with Crippen LogP contribution in [-0.4, -0.2) is 20.0 Å². The second kappa shape index (κ2) is 5.52. The summed E-state index contributed by atoms with van der Waals surface area (Å²) in [6, 6.07) is 5.61. The summed E-state index contributed by atoms with van der Waals surface area (Å²) in [7, 11) is 1.77. The zero-order chi connectivity index (χ0) is 13.9. The van der Waals surface area contributed by atoms with Crippen molar-refractivity contribution in [3.05, 3.63) is 41.7 Å². The fourth-order valence-corrected chi connectivity index (χ4v) is 1.97. The smallest absolute Gasteiger partial charge is 0.496 e. The van der Waals surface area contributed by atoms with Gasteiger partial charge in [-0.2, -0.15) is 0 Å². The molecule has 1 aromatic rings. The van der Waals surface area contributed by atoms with Crippen LogP contribution in [0.1, 0.15) is 18.0 Å². The molecule has 2 rings (SSSR count). The van der Waals surface area contributed by atoms with Crippen LogP contribution in [0.25, 0.3) is 0 Å². The third-order valence-corrected chi connectivity index (χ3v) is 2.75. The Bertz CT molecular complexity index is 454. The van der Waals surface area contributed by atoms with Crippen LogP contribution in [0.4, 0.5) is 13.2 Å². The molecule has 1 aromatic carbocycles. The van der Waals surface area contributed by atoms with E-state index in [1.54, 1.807) is 19.2 Å². The lowest BCUT2D eigenvalue weighted by Gasteiger charge is -2.18. The number of alkyl halides is 3. The third-order valence-electron chi connectivity index (χ3n) is 2.75. The molecule has 0 aromatic heterocycles. The van der Waals surface area contributed by atoms with E-state index >= 15 is 0 Å². The maximum Gasteiger partial charge on any atom is 0.573 e. The van der Waals surface area contributed by atoms with Gasteiger partial charge >= 0.3 is 6.36 Å². The van der Waals surface area contributed by atoms with Gasteiger partial charge in [-0.25, -0.2) is 0 Å². The minimum Gasteiger partial charge on any atom is -0.496 e. The van der Waals surface area contributed by atoms with E-state index in [0.29, 0.717) is 6.61 Å². The molecule has 0 fully saturated rings. The summed E-state index contributed by atoms with van der Waals surface area (Å²) in [5.41, 5.74) is 0.824. The standard InChI is InChI=1S/C13H14F3NO2/c1-17-12(11-3-2-8-18-11)9-4-6-10(7-5-9)19-13(14,15)16/h3-7,12,17H,2,8H2,1H3. The lowest BCUT2D eigenvalue weighted by Crippen LogP contribution is -2.19. The summed E-state index contributed by atoms with van der Waals surface area (Å²) in [6.45, 7) is 0.642. The Morgan fingerprint density at radius 3 is 2.42 bits per heavy atom. The van der Waals surface area contributed by atoms with Gasteiger partial charge in [0.2, 0.25) is 0 Å². The van der Waals surface area contributed by atoms with E-state index in [9.17, 15) is 13.2 Å². The number of halogens is 3. The molecule has 1 unspecified atom stereocenters. The predicted octanol–water partition coefficient (Wildman–Crippen LogP) is 3.15. The van der Waals surface area contributed by atoms with Gasteiger partial charge in [-0.3, -0.25) is 0 Å². The number of hydrogen-bond acceptors (Lipinski definition) is 3. The Morgan fingerprint density at radius 2 is 1.95 bits per heavy atom. The summed E-state index contributed by atoms with van der Waals surface area (Å²) in [4.78, 5) is 0. The van der Waals surface area contributed by atoms with Crippen molar-refractivity contribution in [2.45, 2.75) is 18.8 Å². The Balaban J connectivity index is 2.12. The topological polar surface area (TPSA) is 30.5 Å². The lowest BCUT2D eigenvalue weighted by molar-refractivity contribution is -0.274. The van der Waals surface area contributed by atoms with Crippen molar-refractivity contribution in [2.75, 3.05) is 13.7 Å². The maximum atomic E-state index is 12.0. The normalized spacial score (nSPS) is 16.7. The Kier molecular flexibility index (Phi) is 3.99. The zero-order valence-electron chi connectivity index (χ0n) is 10.3. The Morgan fingerprint density at radius 1 is 1.26 bits per heavy atom. The van der Waals surface area contributed by atoms with Gasteiger partial charge in [-0.05, 0) is 30.8 Å². The molecule has 0 bridgehead atoms. The zero-order valence-corrected chi connectivity index (χ0v) is 10.3. The molecule has 0 aliphatic carbocycles. The molecule has 0 saturated heterocycles. The average molecular weight is 273 g/mol. The van der Waals surface area contributed by atoms with Gasteiger partial charge in [-0.15, -0.1) is 13.2 Å². The molecule has 19 heavy (non-hydrogen) atoms. The fraction of sp³-hybridized carbons (Fsp3) is 0.385. The number of hydrogen-bond donors (Lipinski definition) is 1. The SMILES string of the molecule is CNC(C1=CCCO1)c1ccc(OC(F)(F)F)cc1. The van der Waals surface area contributed by atoms with Crippen LogP contribution in [0, 0.1) is 0 Å². The van der Waals surface area contributed by atoms with Crippen LogP contribution < -0.4 is 10.1 Å². The van der Waals surface area contributed by atoms with Crippen LogP contribution in [0.15, 0.2) is 36.1 Å². The van der Waals surface area contributed by atoms with E-state index in [1.807, 2.05) is 6.08 Å². The van der Waals surface area contributed by atoms with Gasteiger partial charge < -0.3 is 14.8 Å². The Hall–Kier alpha value is -1.69. The van der Waals surface area contributed by atoms with Gasteiger partial charge in [0, 0.05) is 6.42 Å². The largest absolute Gasteiger partial charge is 0.573 e. The minimum absolute atomic E-state index is 0.151. The van der Waals surface area contributed by atoms with Crippen LogP contribution in [0.3, 0.4) is 0 Å². The molecule has 104 valence electrons. The van der Waals surface area contributed by atoms with Crippen LogP contribution in [-0.2, 0) is 4.74 Å². The van der Waals surface area contributed by atoms with Crippen molar-refractivity contribution in [1.29, 1.82) is 0 Å². The summed E-state index contributed by atoms with van der Waals surface area (Å²) < 4.78 is 45.4. The van der Waals surface area contributed by atoms with Gasteiger partial charge in [-0.1, -0.05) is 12.1 Å². The van der Waals surface area contributed by atoms with Crippen molar-refractivity contribution in [3.8, 4) is 5.75 Å². The highest BCUT2D eigenvalue weighted by Crippen LogP contribution is 2.29. The molecular weight excluding hydrogens is 259 g/mol. The van der Waals surface area contributed by atoms with Crippen LogP contribution >= 0.6 is 0 Å². The van der Waals surface area contributed by atoms with E-state index in [1.165, 1.54) is 12.1 Å². The number of nitrogens with one attached hydrogen (secondary N) is 1. The molecule has 1 aliphatic heterocycles. The molecule has 1 aliphatic rings. The maximum absolute atomic E-state index is 12.0. The first kappa shape index (κ1) is 13.7. The van der Waals surface area contributed by atoms with Crippen molar-refractivity contribution < 1.29 is 22.6 Å². The van der Waals surface area contributed by atoms with Crippen LogP contribution in [0.2, 0.25) is 0 Å². The van der Waals surface area contributed by atoms with Crippen molar-refractivity contribution >= 4 is 0 Å². The molecule has 0 spiro atoms. The number of benzene rings is 1. The van der Waals surface area contributed by atoms with Crippen molar-refractivity contribution in [2.24, 2.45) is 0 Å². The fourth-order valence-electron chi connectivity index (χ4n) is 1.97. The first-order valence-corrected chi connectivity index (χ1v) is 5.85. The number of ether oxygens (including phenoxy) is 2. The highest BCUT2D eigenvalue weighted by Gasteiger charge is 2.31. The molecule has 1 N–H and O–H groups in total. The molecule has 0 saturated carbocycles. The molecular formula is C13H14F3NO2. The van der Waals surface area contributed by atoms with Gasteiger partial charge in [0.05, 0.1) is 12.6 Å². The molecule has 6 heteroatoms. The molecule has 3 nitrogen and oxygen atoms in total. The van der Waals surface area contributed by atoms with Gasteiger partial charge in [0.1, 0.15) is 11.5 Å². The quantitative estimate of drug-likeness (QED) is 0.914. The molecule has 0 amide bonds. The first-order chi connectivity index (χ1) is 8.99.